The molecule has 1 aliphatic heterocycles. The summed E-state index contributed by atoms with van der Waals surface area (Å²) < 4.78 is 5.11. The van der Waals surface area contributed by atoms with Crippen LogP contribution in [0.25, 0.3) is 0 Å². The summed E-state index contributed by atoms with van der Waals surface area (Å²) in [5.41, 5.74) is 5.25. The Bertz CT molecular complexity index is 120. The Labute approximate surface area is 59.6 Å². The first-order valence-electron chi connectivity index (χ1n) is 3.38. The molecule has 0 saturated carbocycles. The third-order valence-corrected chi connectivity index (χ3v) is 1.83. The second-order valence-corrected chi connectivity index (χ2v) is 2.60. The minimum absolute atomic E-state index is 0.253. The lowest BCUT2D eigenvalue weighted by Gasteiger charge is -2.10. The van der Waals surface area contributed by atoms with Gasteiger partial charge in [-0.2, -0.15) is 0 Å². The molecule has 0 amide bonds. The molecule has 4 heteroatoms. The van der Waals surface area contributed by atoms with E-state index in [9.17, 15) is 5.11 Å². The van der Waals surface area contributed by atoms with Gasteiger partial charge in [-0.15, -0.1) is 0 Å². The maximum Gasteiger partial charge on any atom is 0.110 e. The van der Waals surface area contributed by atoms with Gasteiger partial charge in [0, 0.05) is 6.54 Å². The SMILES string of the molecule is CC1O[C@H](CN)[C@H](O)[C@H]1O. The van der Waals surface area contributed by atoms with Crippen molar-refractivity contribution in [3.05, 3.63) is 0 Å². The highest BCUT2D eigenvalue weighted by Gasteiger charge is 2.38. The predicted octanol–water partition coefficient (Wildman–Crippen LogP) is -1.55. The Hall–Kier alpha value is -0.160. The van der Waals surface area contributed by atoms with Gasteiger partial charge < -0.3 is 20.7 Å². The van der Waals surface area contributed by atoms with Crippen LogP contribution in [-0.4, -0.2) is 41.2 Å². The van der Waals surface area contributed by atoms with Gasteiger partial charge in [-0.1, -0.05) is 0 Å². The normalized spacial score (nSPS) is 48.0. The monoisotopic (exact) mass is 147 g/mol. The average molecular weight is 147 g/mol. The van der Waals surface area contributed by atoms with Gasteiger partial charge >= 0.3 is 0 Å². The van der Waals surface area contributed by atoms with E-state index in [2.05, 4.69) is 0 Å². The van der Waals surface area contributed by atoms with E-state index in [0.717, 1.165) is 0 Å². The summed E-state index contributed by atoms with van der Waals surface area (Å²) in [6, 6.07) is 0. The molecule has 1 aliphatic rings. The van der Waals surface area contributed by atoms with Crippen LogP contribution in [0.2, 0.25) is 0 Å². The fourth-order valence-electron chi connectivity index (χ4n) is 1.13. The number of nitrogens with two attached hydrogens (primary N) is 1. The summed E-state index contributed by atoms with van der Waals surface area (Å²) in [5.74, 6) is 0. The van der Waals surface area contributed by atoms with Crippen LogP contribution in [0, 0.1) is 0 Å². The highest BCUT2D eigenvalue weighted by molar-refractivity contribution is 4.88. The summed E-state index contributed by atoms with van der Waals surface area (Å²) in [6.45, 7) is 1.96. The second kappa shape index (κ2) is 2.84. The zero-order chi connectivity index (χ0) is 7.72. The van der Waals surface area contributed by atoms with Crippen LogP contribution in [0.4, 0.5) is 0 Å². The molecule has 0 bridgehead atoms. The molecule has 0 aliphatic carbocycles. The van der Waals surface area contributed by atoms with Gasteiger partial charge in [0.1, 0.15) is 12.2 Å². The lowest BCUT2D eigenvalue weighted by Crippen LogP contribution is -2.35. The standard InChI is InChI=1S/C6H13NO3/c1-3-5(8)6(9)4(2-7)10-3/h3-6,8-9H,2,7H2,1H3/t3?,4-,5+,6+/m1/s1. The molecule has 10 heavy (non-hydrogen) atoms. The summed E-state index contributed by atoms with van der Waals surface area (Å²) in [5, 5.41) is 18.3. The minimum atomic E-state index is -0.819. The zero-order valence-electron chi connectivity index (χ0n) is 5.90. The van der Waals surface area contributed by atoms with E-state index >= 15 is 0 Å². The number of ether oxygens (including phenoxy) is 1. The number of hydrogen-bond donors (Lipinski definition) is 3. The molecule has 4 atom stereocenters. The molecular formula is C6H13NO3. The molecule has 1 fully saturated rings. The number of aliphatic hydroxyl groups is 2. The van der Waals surface area contributed by atoms with Gasteiger partial charge in [0.2, 0.25) is 0 Å². The van der Waals surface area contributed by atoms with Crippen molar-refractivity contribution in [3.8, 4) is 0 Å². The van der Waals surface area contributed by atoms with Gasteiger partial charge in [-0.05, 0) is 6.92 Å². The smallest absolute Gasteiger partial charge is 0.110 e. The van der Waals surface area contributed by atoms with Crippen molar-refractivity contribution >= 4 is 0 Å². The van der Waals surface area contributed by atoms with E-state index in [-0.39, 0.29) is 12.6 Å². The largest absolute Gasteiger partial charge is 0.388 e. The van der Waals surface area contributed by atoms with E-state index in [4.69, 9.17) is 15.6 Å². The van der Waals surface area contributed by atoms with Gasteiger partial charge in [0.25, 0.3) is 0 Å². The van der Waals surface area contributed by atoms with E-state index in [1.54, 1.807) is 6.92 Å². The third kappa shape index (κ3) is 1.15. The van der Waals surface area contributed by atoms with Crippen molar-refractivity contribution in [2.45, 2.75) is 31.3 Å². The maximum absolute atomic E-state index is 9.17. The van der Waals surface area contributed by atoms with Gasteiger partial charge in [-0.3, -0.25) is 0 Å². The summed E-state index contributed by atoms with van der Waals surface area (Å²) in [4.78, 5) is 0. The van der Waals surface area contributed by atoms with E-state index < -0.39 is 18.3 Å². The average Bonchev–Trinajstić information content (AvgIpc) is 2.17. The first-order chi connectivity index (χ1) is 4.66. The van der Waals surface area contributed by atoms with E-state index in [1.165, 1.54) is 0 Å². The van der Waals surface area contributed by atoms with E-state index in [1.807, 2.05) is 0 Å². The quantitative estimate of drug-likeness (QED) is 0.420. The molecule has 4 nitrogen and oxygen atoms in total. The van der Waals surface area contributed by atoms with E-state index in [0.29, 0.717) is 0 Å². The molecule has 4 N–H and O–H groups in total. The van der Waals surface area contributed by atoms with Crippen molar-refractivity contribution in [2.75, 3.05) is 6.54 Å². The van der Waals surface area contributed by atoms with Gasteiger partial charge in [-0.25, -0.2) is 0 Å². The molecular weight excluding hydrogens is 134 g/mol. The topological polar surface area (TPSA) is 75.7 Å². The van der Waals surface area contributed by atoms with Crippen LogP contribution in [0.1, 0.15) is 6.92 Å². The molecule has 1 unspecified atom stereocenters. The van der Waals surface area contributed by atoms with Crippen LogP contribution >= 0.6 is 0 Å². The highest BCUT2D eigenvalue weighted by atomic mass is 16.5. The Morgan fingerprint density at radius 2 is 2.00 bits per heavy atom. The fraction of sp³-hybridized carbons (Fsp3) is 1.00. The molecule has 0 aromatic carbocycles. The van der Waals surface area contributed by atoms with Crippen molar-refractivity contribution in [1.29, 1.82) is 0 Å². The molecule has 1 heterocycles. The molecule has 0 aromatic rings. The molecule has 1 rings (SSSR count). The van der Waals surface area contributed by atoms with Crippen LogP contribution in [0.15, 0.2) is 0 Å². The highest BCUT2D eigenvalue weighted by Crippen LogP contribution is 2.19. The molecule has 0 spiro atoms. The van der Waals surface area contributed by atoms with Crippen LogP contribution < -0.4 is 5.73 Å². The van der Waals surface area contributed by atoms with Gasteiger partial charge in [0.15, 0.2) is 0 Å². The van der Waals surface area contributed by atoms with Crippen LogP contribution in [0.5, 0.6) is 0 Å². The van der Waals surface area contributed by atoms with Crippen molar-refractivity contribution in [3.63, 3.8) is 0 Å². The van der Waals surface area contributed by atoms with Gasteiger partial charge in [0.05, 0.1) is 12.2 Å². The van der Waals surface area contributed by atoms with Crippen LogP contribution in [-0.2, 0) is 4.74 Å². The third-order valence-electron chi connectivity index (χ3n) is 1.83. The Balaban J connectivity index is 2.53. The van der Waals surface area contributed by atoms with Crippen molar-refractivity contribution in [1.82, 2.24) is 0 Å². The number of rotatable bonds is 1. The molecule has 0 radical (unpaired) electrons. The number of aliphatic hydroxyl groups excluding tert-OH is 2. The summed E-state index contributed by atoms with van der Waals surface area (Å²) >= 11 is 0. The van der Waals surface area contributed by atoms with Crippen LogP contribution in [0.3, 0.4) is 0 Å². The zero-order valence-corrected chi connectivity index (χ0v) is 5.90. The van der Waals surface area contributed by atoms with Crippen molar-refractivity contribution < 1.29 is 14.9 Å². The summed E-state index contributed by atoms with van der Waals surface area (Å²) in [6.07, 6.45) is -2.30. The molecule has 0 aromatic heterocycles. The Kier molecular flexibility index (Phi) is 2.25. The number of hydrogen-bond acceptors (Lipinski definition) is 4. The predicted molar refractivity (Wildman–Crippen MR) is 35.4 cm³/mol. The molecule has 1 saturated heterocycles. The first-order valence-corrected chi connectivity index (χ1v) is 3.38. The maximum atomic E-state index is 9.17. The Morgan fingerprint density at radius 1 is 1.40 bits per heavy atom. The minimum Gasteiger partial charge on any atom is -0.388 e. The lowest BCUT2D eigenvalue weighted by atomic mass is 10.1. The lowest BCUT2D eigenvalue weighted by molar-refractivity contribution is 0.0223. The Morgan fingerprint density at radius 3 is 2.20 bits per heavy atom. The van der Waals surface area contributed by atoms with Crippen molar-refractivity contribution in [2.24, 2.45) is 5.73 Å². The fourth-order valence-corrected chi connectivity index (χ4v) is 1.13. The molecule has 60 valence electrons. The summed E-state index contributed by atoms with van der Waals surface area (Å²) in [7, 11) is 0. The first kappa shape index (κ1) is 7.94. The second-order valence-electron chi connectivity index (χ2n) is 2.60.